The van der Waals surface area contributed by atoms with E-state index in [2.05, 4.69) is 5.32 Å². The van der Waals surface area contributed by atoms with Crippen molar-refractivity contribution in [3.8, 4) is 0 Å². The van der Waals surface area contributed by atoms with Gasteiger partial charge in [-0.25, -0.2) is 4.79 Å². The van der Waals surface area contributed by atoms with Crippen LogP contribution in [0.5, 0.6) is 0 Å². The average molecular weight is 303 g/mol. The summed E-state index contributed by atoms with van der Waals surface area (Å²) in [5.74, 6) is -1.28. The van der Waals surface area contributed by atoms with Gasteiger partial charge in [0.1, 0.15) is 6.54 Å². The molecule has 22 heavy (non-hydrogen) atoms. The number of carbonyl (C=O) groups is 3. The van der Waals surface area contributed by atoms with E-state index in [9.17, 15) is 14.4 Å². The van der Waals surface area contributed by atoms with Gasteiger partial charge in [0.25, 0.3) is 5.91 Å². The first-order valence-electron chi connectivity index (χ1n) is 7.24. The van der Waals surface area contributed by atoms with E-state index < -0.39 is 5.97 Å². The molecule has 1 saturated carbocycles. The Balaban J connectivity index is 1.75. The Morgan fingerprint density at radius 2 is 1.95 bits per heavy atom. The van der Waals surface area contributed by atoms with Gasteiger partial charge in [-0.05, 0) is 37.1 Å². The molecule has 2 N–H and O–H groups in total. The first kappa shape index (κ1) is 14.4. The molecule has 1 aliphatic heterocycles. The number of benzene rings is 1. The summed E-state index contributed by atoms with van der Waals surface area (Å²) in [7, 11) is 0. The fraction of sp³-hybridized carbons (Fsp3) is 0.400. The van der Waals surface area contributed by atoms with Crippen LogP contribution in [-0.2, 0) is 4.79 Å². The number of aliphatic carboxylic acids is 1. The number of hydrogen-bond acceptors (Lipinski definition) is 3. The van der Waals surface area contributed by atoms with Crippen molar-refractivity contribution in [2.45, 2.75) is 18.9 Å². The Labute approximate surface area is 127 Å². The van der Waals surface area contributed by atoms with Gasteiger partial charge in [-0.3, -0.25) is 14.5 Å². The second kappa shape index (κ2) is 5.67. The third-order valence-electron chi connectivity index (χ3n) is 3.84. The van der Waals surface area contributed by atoms with Crippen molar-refractivity contribution >= 4 is 23.6 Å². The fourth-order valence-electron chi connectivity index (χ4n) is 2.57. The number of carboxylic acids is 1. The summed E-state index contributed by atoms with van der Waals surface area (Å²) >= 11 is 0. The van der Waals surface area contributed by atoms with Gasteiger partial charge in [0.15, 0.2) is 0 Å². The van der Waals surface area contributed by atoms with Crippen molar-refractivity contribution < 1.29 is 19.5 Å². The molecule has 1 aliphatic carbocycles. The van der Waals surface area contributed by atoms with Crippen LogP contribution in [0, 0.1) is 0 Å². The molecule has 3 rings (SSSR count). The van der Waals surface area contributed by atoms with E-state index >= 15 is 0 Å². The van der Waals surface area contributed by atoms with Crippen molar-refractivity contribution in [3.05, 3.63) is 29.8 Å². The second-order valence-corrected chi connectivity index (χ2v) is 5.49. The predicted molar refractivity (Wildman–Crippen MR) is 78.9 cm³/mol. The highest BCUT2D eigenvalue weighted by Gasteiger charge is 2.34. The Hall–Kier alpha value is -2.57. The molecule has 0 atom stereocenters. The number of rotatable bonds is 5. The van der Waals surface area contributed by atoms with E-state index in [0.29, 0.717) is 18.7 Å². The van der Waals surface area contributed by atoms with Crippen molar-refractivity contribution in [2.75, 3.05) is 24.5 Å². The van der Waals surface area contributed by atoms with Crippen molar-refractivity contribution in [1.29, 1.82) is 0 Å². The highest BCUT2D eigenvalue weighted by molar-refractivity contribution is 5.98. The van der Waals surface area contributed by atoms with Gasteiger partial charge >= 0.3 is 12.0 Å². The lowest BCUT2D eigenvalue weighted by Gasteiger charge is -2.21. The van der Waals surface area contributed by atoms with Crippen molar-refractivity contribution in [3.63, 3.8) is 0 Å². The molecule has 2 fully saturated rings. The van der Waals surface area contributed by atoms with E-state index in [1.807, 2.05) is 0 Å². The molecule has 1 saturated heterocycles. The number of urea groups is 1. The first-order chi connectivity index (χ1) is 10.6. The van der Waals surface area contributed by atoms with Crippen LogP contribution in [0.15, 0.2) is 24.3 Å². The zero-order chi connectivity index (χ0) is 15.7. The van der Waals surface area contributed by atoms with Crippen LogP contribution in [0.25, 0.3) is 0 Å². The largest absolute Gasteiger partial charge is 0.480 e. The van der Waals surface area contributed by atoms with Gasteiger partial charge in [-0.15, -0.1) is 0 Å². The number of amides is 3. The third kappa shape index (κ3) is 2.88. The smallest absolute Gasteiger partial charge is 0.323 e. The predicted octanol–water partition coefficient (Wildman–Crippen LogP) is 0.905. The summed E-state index contributed by atoms with van der Waals surface area (Å²) < 4.78 is 0. The van der Waals surface area contributed by atoms with Gasteiger partial charge in [0, 0.05) is 30.4 Å². The fourth-order valence-corrected chi connectivity index (χ4v) is 2.57. The van der Waals surface area contributed by atoms with Gasteiger partial charge in [0.05, 0.1) is 0 Å². The summed E-state index contributed by atoms with van der Waals surface area (Å²) in [6.07, 6.45) is 1.70. The van der Waals surface area contributed by atoms with E-state index in [4.69, 9.17) is 5.11 Å². The molecule has 7 heteroatoms. The number of anilines is 1. The van der Waals surface area contributed by atoms with Crippen LogP contribution >= 0.6 is 0 Å². The number of carboxylic acid groups (broad SMARTS) is 1. The minimum absolute atomic E-state index is 0.0348. The summed E-state index contributed by atoms with van der Waals surface area (Å²) in [5, 5.41) is 11.6. The molecule has 0 bridgehead atoms. The highest BCUT2D eigenvalue weighted by atomic mass is 16.4. The van der Waals surface area contributed by atoms with E-state index in [-0.39, 0.29) is 24.5 Å². The lowest BCUT2D eigenvalue weighted by molar-refractivity contribution is -0.137. The third-order valence-corrected chi connectivity index (χ3v) is 3.84. The normalized spacial score (nSPS) is 17.3. The van der Waals surface area contributed by atoms with Crippen molar-refractivity contribution in [2.24, 2.45) is 0 Å². The molecule has 0 aromatic heterocycles. The molecule has 1 aromatic rings. The maximum atomic E-state index is 12.4. The van der Waals surface area contributed by atoms with Crippen LogP contribution in [0.4, 0.5) is 10.5 Å². The molecule has 7 nitrogen and oxygen atoms in total. The van der Waals surface area contributed by atoms with Crippen LogP contribution in [0.3, 0.4) is 0 Å². The SMILES string of the molecule is O=C(O)CN(C(=O)c1ccc(N2CCNC2=O)cc1)C1CC1. The Morgan fingerprint density at radius 1 is 1.27 bits per heavy atom. The molecule has 1 heterocycles. The maximum absolute atomic E-state index is 12.4. The topological polar surface area (TPSA) is 89.9 Å². The van der Waals surface area contributed by atoms with Gasteiger partial charge < -0.3 is 15.3 Å². The van der Waals surface area contributed by atoms with E-state index in [0.717, 1.165) is 18.5 Å². The molecule has 116 valence electrons. The number of nitrogens with one attached hydrogen (secondary N) is 1. The van der Waals surface area contributed by atoms with Crippen LogP contribution in [-0.4, -0.2) is 53.6 Å². The minimum Gasteiger partial charge on any atom is -0.480 e. The number of hydrogen-bond donors (Lipinski definition) is 2. The van der Waals surface area contributed by atoms with Gasteiger partial charge in [-0.1, -0.05) is 0 Å². The number of nitrogens with zero attached hydrogens (tertiary/aromatic N) is 2. The Kier molecular flexibility index (Phi) is 3.70. The lowest BCUT2D eigenvalue weighted by Crippen LogP contribution is -2.37. The molecule has 0 unspecified atom stereocenters. The van der Waals surface area contributed by atoms with Crippen molar-refractivity contribution in [1.82, 2.24) is 10.2 Å². The highest BCUT2D eigenvalue weighted by Crippen LogP contribution is 2.28. The summed E-state index contributed by atoms with van der Waals surface area (Å²) in [6.45, 7) is 0.923. The quantitative estimate of drug-likeness (QED) is 0.846. The average Bonchev–Trinajstić information content (AvgIpc) is 3.26. The summed E-state index contributed by atoms with van der Waals surface area (Å²) in [6, 6.07) is 6.59. The first-order valence-corrected chi connectivity index (χ1v) is 7.24. The molecule has 1 aromatic carbocycles. The van der Waals surface area contributed by atoms with Gasteiger partial charge in [-0.2, -0.15) is 0 Å². The standard InChI is InChI=1S/C15H17N3O4/c19-13(20)9-18(12-5-6-12)14(21)10-1-3-11(4-2-10)17-8-7-16-15(17)22/h1-4,12H,5-9H2,(H,16,22)(H,19,20). The molecular weight excluding hydrogens is 286 g/mol. The Bertz CT molecular complexity index is 610. The van der Waals surface area contributed by atoms with Crippen LogP contribution < -0.4 is 10.2 Å². The second-order valence-electron chi connectivity index (χ2n) is 5.49. The Morgan fingerprint density at radius 3 is 2.45 bits per heavy atom. The van der Waals surface area contributed by atoms with Crippen LogP contribution in [0.1, 0.15) is 23.2 Å². The maximum Gasteiger partial charge on any atom is 0.323 e. The monoisotopic (exact) mass is 303 g/mol. The zero-order valence-electron chi connectivity index (χ0n) is 12.0. The molecule has 3 amide bonds. The van der Waals surface area contributed by atoms with E-state index in [1.54, 1.807) is 29.2 Å². The van der Waals surface area contributed by atoms with Crippen LogP contribution in [0.2, 0.25) is 0 Å². The zero-order valence-corrected chi connectivity index (χ0v) is 12.0. The summed E-state index contributed by atoms with van der Waals surface area (Å²) in [5.41, 5.74) is 1.17. The number of carbonyl (C=O) groups excluding carboxylic acids is 2. The van der Waals surface area contributed by atoms with Gasteiger partial charge in [0.2, 0.25) is 0 Å². The summed E-state index contributed by atoms with van der Waals surface area (Å²) in [4.78, 5) is 37.9. The lowest BCUT2D eigenvalue weighted by atomic mass is 10.1. The molecule has 2 aliphatic rings. The molecule has 0 radical (unpaired) electrons. The molecule has 0 spiro atoms. The van der Waals surface area contributed by atoms with E-state index in [1.165, 1.54) is 4.90 Å². The molecular formula is C15H17N3O4. The minimum atomic E-state index is -1.01.